The van der Waals surface area contributed by atoms with E-state index in [0.717, 1.165) is 31.4 Å². The smallest absolute Gasteiger partial charge is 0.0668 e. The van der Waals surface area contributed by atoms with Crippen molar-refractivity contribution in [2.45, 2.75) is 51.7 Å². The van der Waals surface area contributed by atoms with Crippen molar-refractivity contribution in [3.63, 3.8) is 0 Å². The van der Waals surface area contributed by atoms with E-state index in [1.165, 1.54) is 0 Å². The van der Waals surface area contributed by atoms with Gasteiger partial charge in [-0.1, -0.05) is 27.2 Å². The van der Waals surface area contributed by atoms with Gasteiger partial charge in [-0.3, -0.25) is 4.21 Å². The van der Waals surface area contributed by atoms with E-state index in [-0.39, 0.29) is 11.2 Å². The summed E-state index contributed by atoms with van der Waals surface area (Å²) in [5, 5.41) is 9.23. The van der Waals surface area contributed by atoms with Crippen LogP contribution in [0.2, 0.25) is 0 Å². The molecular formula is C13H23NOS. The van der Waals surface area contributed by atoms with Crippen LogP contribution in [0.25, 0.3) is 0 Å². The van der Waals surface area contributed by atoms with Gasteiger partial charge in [0.05, 0.1) is 17.2 Å². The molecule has 0 amide bonds. The molecule has 0 heterocycles. The standard InChI is InChI=1S/C13H23NOS/c1-4-10(2)9-16(15)13-7-11(3)5-6-12(13)8-14/h10-13H,4-7,9H2,1-3H3. The van der Waals surface area contributed by atoms with Gasteiger partial charge in [-0.2, -0.15) is 5.26 Å². The summed E-state index contributed by atoms with van der Waals surface area (Å²) in [5.74, 6) is 1.94. The third-order valence-corrected chi connectivity index (χ3v) is 5.80. The maximum Gasteiger partial charge on any atom is 0.0668 e. The average molecular weight is 241 g/mol. The minimum absolute atomic E-state index is 0.0288. The van der Waals surface area contributed by atoms with Crippen LogP contribution in [-0.2, 0) is 10.8 Å². The topological polar surface area (TPSA) is 40.9 Å². The van der Waals surface area contributed by atoms with E-state index < -0.39 is 10.8 Å². The Morgan fingerprint density at radius 2 is 2.19 bits per heavy atom. The van der Waals surface area contributed by atoms with Crippen LogP contribution in [0.3, 0.4) is 0 Å². The minimum atomic E-state index is -0.810. The third-order valence-electron chi connectivity index (χ3n) is 3.70. The van der Waals surface area contributed by atoms with E-state index in [4.69, 9.17) is 5.26 Å². The highest BCUT2D eigenvalue weighted by Gasteiger charge is 2.33. The predicted molar refractivity (Wildman–Crippen MR) is 68.4 cm³/mol. The van der Waals surface area contributed by atoms with E-state index in [9.17, 15) is 4.21 Å². The Hall–Kier alpha value is -0.360. The van der Waals surface area contributed by atoms with Gasteiger partial charge in [0.2, 0.25) is 0 Å². The average Bonchev–Trinajstić information content (AvgIpc) is 2.28. The molecule has 92 valence electrons. The van der Waals surface area contributed by atoms with Crippen LogP contribution in [0.5, 0.6) is 0 Å². The largest absolute Gasteiger partial charge is 0.259 e. The summed E-state index contributed by atoms with van der Waals surface area (Å²) in [6.07, 6.45) is 4.11. The molecule has 0 N–H and O–H groups in total. The van der Waals surface area contributed by atoms with Crippen molar-refractivity contribution in [3.8, 4) is 6.07 Å². The second-order valence-electron chi connectivity index (χ2n) is 5.25. The van der Waals surface area contributed by atoms with Gasteiger partial charge in [0.25, 0.3) is 0 Å². The van der Waals surface area contributed by atoms with E-state index in [1.807, 2.05) is 0 Å². The van der Waals surface area contributed by atoms with Gasteiger partial charge < -0.3 is 0 Å². The molecule has 1 saturated carbocycles. The van der Waals surface area contributed by atoms with Crippen LogP contribution < -0.4 is 0 Å². The molecule has 1 aliphatic carbocycles. The van der Waals surface area contributed by atoms with Crippen molar-refractivity contribution in [2.75, 3.05) is 5.75 Å². The van der Waals surface area contributed by atoms with Gasteiger partial charge in [0.1, 0.15) is 0 Å². The molecule has 0 bridgehead atoms. The lowest BCUT2D eigenvalue weighted by Crippen LogP contribution is -2.33. The van der Waals surface area contributed by atoms with Crippen molar-refractivity contribution in [2.24, 2.45) is 17.8 Å². The molecule has 5 unspecified atom stereocenters. The minimum Gasteiger partial charge on any atom is -0.259 e. The highest BCUT2D eigenvalue weighted by molar-refractivity contribution is 7.85. The van der Waals surface area contributed by atoms with Gasteiger partial charge in [-0.25, -0.2) is 0 Å². The van der Waals surface area contributed by atoms with Crippen LogP contribution in [-0.4, -0.2) is 15.2 Å². The van der Waals surface area contributed by atoms with Crippen molar-refractivity contribution in [3.05, 3.63) is 0 Å². The predicted octanol–water partition coefficient (Wildman–Crippen LogP) is 3.11. The zero-order valence-electron chi connectivity index (χ0n) is 10.6. The summed E-state index contributed by atoms with van der Waals surface area (Å²) in [7, 11) is -0.810. The second kappa shape index (κ2) is 6.39. The maximum atomic E-state index is 12.2. The third kappa shape index (κ3) is 3.59. The lowest BCUT2D eigenvalue weighted by atomic mass is 9.83. The Morgan fingerprint density at radius 3 is 2.75 bits per heavy atom. The Morgan fingerprint density at radius 1 is 1.50 bits per heavy atom. The monoisotopic (exact) mass is 241 g/mol. The van der Waals surface area contributed by atoms with Gasteiger partial charge in [-0.15, -0.1) is 0 Å². The molecule has 0 spiro atoms. The summed E-state index contributed by atoms with van der Waals surface area (Å²) in [6.45, 7) is 6.49. The molecule has 0 radical (unpaired) electrons. The van der Waals surface area contributed by atoms with Crippen molar-refractivity contribution >= 4 is 10.8 Å². The molecule has 1 rings (SSSR count). The Balaban J connectivity index is 2.60. The fraction of sp³-hybridized carbons (Fsp3) is 0.923. The number of nitrogens with zero attached hydrogens (tertiary/aromatic N) is 1. The quantitative estimate of drug-likeness (QED) is 0.759. The van der Waals surface area contributed by atoms with E-state index in [0.29, 0.717) is 11.8 Å². The number of nitriles is 1. The first-order valence-electron chi connectivity index (χ1n) is 6.35. The SMILES string of the molecule is CCC(C)CS(=O)C1CC(C)CCC1C#N. The molecule has 3 heteroatoms. The molecule has 0 saturated heterocycles. The molecule has 1 fully saturated rings. The van der Waals surface area contributed by atoms with E-state index >= 15 is 0 Å². The van der Waals surface area contributed by atoms with Crippen molar-refractivity contribution in [1.29, 1.82) is 5.26 Å². The summed E-state index contributed by atoms with van der Waals surface area (Å²) in [5.41, 5.74) is 0. The second-order valence-corrected chi connectivity index (χ2v) is 6.95. The van der Waals surface area contributed by atoms with E-state index in [1.54, 1.807) is 0 Å². The zero-order chi connectivity index (χ0) is 12.1. The summed E-state index contributed by atoms with van der Waals surface area (Å²) >= 11 is 0. The summed E-state index contributed by atoms with van der Waals surface area (Å²) in [4.78, 5) is 0. The number of hydrogen-bond donors (Lipinski definition) is 0. The summed E-state index contributed by atoms with van der Waals surface area (Å²) < 4.78 is 12.2. The fourth-order valence-electron chi connectivity index (χ4n) is 2.29. The molecule has 0 aliphatic heterocycles. The lowest BCUT2D eigenvalue weighted by Gasteiger charge is -2.30. The van der Waals surface area contributed by atoms with Gasteiger partial charge >= 0.3 is 0 Å². The molecule has 0 aromatic rings. The zero-order valence-corrected chi connectivity index (χ0v) is 11.4. The van der Waals surface area contributed by atoms with Crippen LogP contribution >= 0.6 is 0 Å². The Kier molecular flexibility index (Phi) is 5.48. The van der Waals surface area contributed by atoms with Crippen molar-refractivity contribution < 1.29 is 4.21 Å². The highest BCUT2D eigenvalue weighted by atomic mass is 32.2. The summed E-state index contributed by atoms with van der Waals surface area (Å²) in [6, 6.07) is 2.35. The van der Waals surface area contributed by atoms with Gasteiger partial charge in [0, 0.05) is 16.6 Å². The molecule has 16 heavy (non-hydrogen) atoms. The van der Waals surface area contributed by atoms with E-state index in [2.05, 4.69) is 26.8 Å². The first-order chi connectivity index (χ1) is 7.58. The molecular weight excluding hydrogens is 218 g/mol. The first kappa shape index (κ1) is 13.7. The maximum absolute atomic E-state index is 12.2. The van der Waals surface area contributed by atoms with Gasteiger partial charge in [-0.05, 0) is 31.1 Å². The Bertz CT molecular complexity index is 284. The fourth-order valence-corrected chi connectivity index (χ4v) is 4.44. The molecule has 0 aromatic heterocycles. The van der Waals surface area contributed by atoms with Crippen molar-refractivity contribution in [1.82, 2.24) is 0 Å². The van der Waals surface area contributed by atoms with Gasteiger partial charge in [0.15, 0.2) is 0 Å². The first-order valence-corrected chi connectivity index (χ1v) is 7.73. The van der Waals surface area contributed by atoms with Crippen LogP contribution in [0.4, 0.5) is 0 Å². The number of rotatable bonds is 4. The molecule has 2 nitrogen and oxygen atoms in total. The molecule has 1 aliphatic rings. The molecule has 0 aromatic carbocycles. The normalized spacial score (nSPS) is 34.0. The van der Waals surface area contributed by atoms with Crippen LogP contribution in [0, 0.1) is 29.1 Å². The van der Waals surface area contributed by atoms with Crippen LogP contribution in [0.15, 0.2) is 0 Å². The van der Waals surface area contributed by atoms with Crippen LogP contribution in [0.1, 0.15) is 46.5 Å². The lowest BCUT2D eigenvalue weighted by molar-refractivity contribution is 0.340. The Labute approximate surface area is 102 Å². The number of hydrogen-bond acceptors (Lipinski definition) is 2. The highest BCUT2D eigenvalue weighted by Crippen LogP contribution is 2.32. The molecule has 5 atom stereocenters.